The van der Waals surface area contributed by atoms with Gasteiger partial charge in [-0.2, -0.15) is 9.40 Å². The van der Waals surface area contributed by atoms with Gasteiger partial charge in [-0.1, -0.05) is 0 Å². The van der Waals surface area contributed by atoms with Gasteiger partial charge in [-0.15, -0.1) is 0 Å². The van der Waals surface area contributed by atoms with Crippen molar-refractivity contribution in [2.24, 2.45) is 0 Å². The van der Waals surface area contributed by atoms with Crippen LogP contribution in [-0.4, -0.2) is 53.5 Å². The molecule has 0 atom stereocenters. The van der Waals surface area contributed by atoms with Gasteiger partial charge in [0.25, 0.3) is 0 Å². The molecule has 1 aromatic carbocycles. The molecular weight excluding hydrogens is 424 g/mol. The summed E-state index contributed by atoms with van der Waals surface area (Å²) in [5.74, 6) is -1.10. The summed E-state index contributed by atoms with van der Waals surface area (Å²) in [6.45, 7) is 1.46. The Kier molecular flexibility index (Phi) is 5.13. The Hall–Kier alpha value is -2.59. The number of aromatic nitrogens is 3. The second-order valence-electron chi connectivity index (χ2n) is 8.05. The van der Waals surface area contributed by atoms with E-state index in [1.165, 1.54) is 9.87 Å². The van der Waals surface area contributed by atoms with E-state index in [0.717, 1.165) is 60.9 Å². The van der Waals surface area contributed by atoms with Crippen molar-refractivity contribution in [1.82, 2.24) is 18.9 Å². The molecule has 2 aromatic heterocycles. The van der Waals surface area contributed by atoms with Crippen molar-refractivity contribution in [3.8, 4) is 0 Å². The second-order valence-corrected chi connectivity index (χ2v) is 10.0. The Morgan fingerprint density at radius 1 is 1.03 bits per heavy atom. The minimum absolute atomic E-state index is 0.153. The summed E-state index contributed by atoms with van der Waals surface area (Å²) in [4.78, 5) is 6.68. The summed E-state index contributed by atoms with van der Waals surface area (Å²) in [5.41, 5.74) is 3.22. The molecule has 5 rings (SSSR count). The summed E-state index contributed by atoms with van der Waals surface area (Å²) >= 11 is 0. The molecule has 0 saturated carbocycles. The van der Waals surface area contributed by atoms with E-state index in [2.05, 4.69) is 9.88 Å². The number of benzene rings is 1. The highest BCUT2D eigenvalue weighted by atomic mass is 32.2. The smallest absolute Gasteiger partial charge is 0.218 e. The first-order valence-corrected chi connectivity index (χ1v) is 12.0. The van der Waals surface area contributed by atoms with Gasteiger partial charge in [0, 0.05) is 49.7 Å². The monoisotopic (exact) mass is 447 g/mol. The third kappa shape index (κ3) is 3.78. The first-order valence-electron chi connectivity index (χ1n) is 10.4. The number of rotatable bonds is 4. The summed E-state index contributed by atoms with van der Waals surface area (Å²) in [7, 11) is -3.77. The van der Waals surface area contributed by atoms with Crippen LogP contribution in [0.4, 0.5) is 14.6 Å². The quantitative estimate of drug-likeness (QED) is 0.615. The van der Waals surface area contributed by atoms with Crippen molar-refractivity contribution in [1.29, 1.82) is 0 Å². The lowest BCUT2D eigenvalue weighted by atomic mass is 9.97. The van der Waals surface area contributed by atoms with Gasteiger partial charge in [-0.25, -0.2) is 26.7 Å². The maximum Gasteiger partial charge on any atom is 0.218 e. The number of piperazine rings is 1. The molecule has 0 unspecified atom stereocenters. The van der Waals surface area contributed by atoms with E-state index in [0.29, 0.717) is 13.1 Å². The molecule has 10 heteroatoms. The van der Waals surface area contributed by atoms with E-state index < -0.39 is 27.4 Å². The van der Waals surface area contributed by atoms with E-state index in [1.807, 2.05) is 10.7 Å². The zero-order valence-corrected chi connectivity index (χ0v) is 17.8. The van der Waals surface area contributed by atoms with Crippen LogP contribution in [-0.2, 0) is 28.6 Å². The molecular formula is C21H23F2N5O2S. The van der Waals surface area contributed by atoms with Crippen molar-refractivity contribution in [2.45, 2.75) is 31.4 Å². The number of fused-ring (bicyclic) bond motifs is 3. The van der Waals surface area contributed by atoms with Crippen molar-refractivity contribution < 1.29 is 17.2 Å². The number of hydrogen-bond acceptors (Lipinski definition) is 5. The molecule has 3 aromatic rings. The molecule has 0 N–H and O–H groups in total. The van der Waals surface area contributed by atoms with Gasteiger partial charge in [0.1, 0.15) is 17.2 Å². The Morgan fingerprint density at radius 3 is 2.61 bits per heavy atom. The largest absolute Gasteiger partial charge is 0.352 e. The lowest BCUT2D eigenvalue weighted by Gasteiger charge is -2.35. The molecule has 7 nitrogen and oxygen atoms in total. The van der Waals surface area contributed by atoms with Crippen LogP contribution in [0, 0.1) is 11.6 Å². The van der Waals surface area contributed by atoms with Gasteiger partial charge in [0.15, 0.2) is 5.82 Å². The first-order chi connectivity index (χ1) is 14.9. The zero-order chi connectivity index (χ0) is 21.6. The first kappa shape index (κ1) is 20.3. The third-order valence-electron chi connectivity index (χ3n) is 6.08. The highest BCUT2D eigenvalue weighted by Gasteiger charge is 2.30. The van der Waals surface area contributed by atoms with Crippen LogP contribution >= 0.6 is 0 Å². The summed E-state index contributed by atoms with van der Waals surface area (Å²) in [5, 5.41) is 4.70. The summed E-state index contributed by atoms with van der Waals surface area (Å²) in [6.07, 6.45) is 7.79. The molecule has 3 heterocycles. The third-order valence-corrected chi connectivity index (χ3v) is 7.90. The number of halogens is 2. The predicted molar refractivity (Wildman–Crippen MR) is 112 cm³/mol. The average molecular weight is 448 g/mol. The van der Waals surface area contributed by atoms with Gasteiger partial charge < -0.3 is 4.90 Å². The van der Waals surface area contributed by atoms with E-state index in [-0.39, 0.29) is 18.7 Å². The molecule has 1 aliphatic heterocycles. The fourth-order valence-corrected chi connectivity index (χ4v) is 6.01. The van der Waals surface area contributed by atoms with Crippen molar-refractivity contribution in [3.05, 3.63) is 59.0 Å². The molecule has 31 heavy (non-hydrogen) atoms. The highest BCUT2D eigenvalue weighted by molar-refractivity contribution is 7.88. The Labute approximate surface area is 179 Å². The lowest BCUT2D eigenvalue weighted by molar-refractivity contribution is 0.383. The van der Waals surface area contributed by atoms with Gasteiger partial charge in [-0.05, 0) is 43.9 Å². The van der Waals surface area contributed by atoms with Crippen LogP contribution in [0.3, 0.4) is 0 Å². The molecule has 0 spiro atoms. The number of aryl methyl sites for hydroxylation is 2. The maximum absolute atomic E-state index is 13.9. The van der Waals surface area contributed by atoms with Crippen LogP contribution in [0.2, 0.25) is 0 Å². The number of anilines is 1. The van der Waals surface area contributed by atoms with Crippen molar-refractivity contribution >= 4 is 21.4 Å². The molecule has 1 fully saturated rings. The van der Waals surface area contributed by atoms with Crippen LogP contribution in [0.15, 0.2) is 30.6 Å². The number of nitrogens with zero attached hydrogens (tertiary/aromatic N) is 5. The van der Waals surface area contributed by atoms with Crippen LogP contribution in [0.1, 0.15) is 29.7 Å². The van der Waals surface area contributed by atoms with E-state index >= 15 is 0 Å². The summed E-state index contributed by atoms with van der Waals surface area (Å²) < 4.78 is 56.2. The van der Waals surface area contributed by atoms with Crippen LogP contribution in [0.5, 0.6) is 0 Å². The molecule has 0 radical (unpaired) electrons. The topological polar surface area (TPSA) is 70.8 Å². The standard InChI is InChI=1S/C21H23F2N5O2S/c22-16-5-6-18(23)15(13-16)14-31(29,30)27-11-9-26(10-12-27)21-20-17-3-1-2-4-19(17)25-28(20)8-7-24-21/h5-8,13H,1-4,9-12,14H2. The highest BCUT2D eigenvalue weighted by Crippen LogP contribution is 2.31. The molecule has 164 valence electrons. The Balaban J connectivity index is 1.35. The van der Waals surface area contributed by atoms with Gasteiger partial charge in [0.2, 0.25) is 10.0 Å². The second kappa shape index (κ2) is 7.83. The van der Waals surface area contributed by atoms with E-state index in [1.54, 1.807) is 6.20 Å². The molecule has 0 amide bonds. The molecule has 0 bridgehead atoms. The molecule has 2 aliphatic rings. The SMILES string of the molecule is O=S(=O)(Cc1cc(F)ccc1F)N1CCN(c2nccn3nc4c(c23)CCCC4)CC1. The molecule has 1 saturated heterocycles. The van der Waals surface area contributed by atoms with Gasteiger partial charge in [-0.3, -0.25) is 0 Å². The summed E-state index contributed by atoms with van der Waals surface area (Å²) in [6, 6.07) is 2.88. The minimum Gasteiger partial charge on any atom is -0.352 e. The van der Waals surface area contributed by atoms with Crippen LogP contribution in [0.25, 0.3) is 5.52 Å². The Bertz CT molecular complexity index is 1240. The number of sulfonamides is 1. The minimum atomic E-state index is -3.77. The fraction of sp³-hybridized carbons (Fsp3) is 0.429. The maximum atomic E-state index is 13.9. The predicted octanol–water partition coefficient (Wildman–Crippen LogP) is 2.54. The van der Waals surface area contributed by atoms with Crippen molar-refractivity contribution in [3.63, 3.8) is 0 Å². The van der Waals surface area contributed by atoms with Crippen molar-refractivity contribution in [2.75, 3.05) is 31.1 Å². The molecule has 1 aliphatic carbocycles. The fourth-order valence-electron chi connectivity index (χ4n) is 4.50. The number of hydrogen-bond donors (Lipinski definition) is 0. The van der Waals surface area contributed by atoms with Gasteiger partial charge >= 0.3 is 0 Å². The van der Waals surface area contributed by atoms with E-state index in [4.69, 9.17) is 5.10 Å². The normalized spacial score (nSPS) is 17.8. The van der Waals surface area contributed by atoms with E-state index in [9.17, 15) is 17.2 Å². The lowest BCUT2D eigenvalue weighted by Crippen LogP contribution is -2.49. The van der Waals surface area contributed by atoms with Gasteiger partial charge in [0.05, 0.1) is 11.4 Å². The zero-order valence-electron chi connectivity index (χ0n) is 17.0. The Morgan fingerprint density at radius 2 is 1.81 bits per heavy atom. The van der Waals surface area contributed by atoms with Crippen LogP contribution < -0.4 is 4.90 Å². The average Bonchev–Trinajstić information content (AvgIpc) is 3.15.